The van der Waals surface area contributed by atoms with E-state index in [9.17, 15) is 10.1 Å². The van der Waals surface area contributed by atoms with Gasteiger partial charge in [-0.15, -0.1) is 0 Å². The zero-order chi connectivity index (χ0) is 23.7. The van der Waals surface area contributed by atoms with Gasteiger partial charge in [0.2, 0.25) is 5.91 Å². The molecule has 7 nitrogen and oxygen atoms in total. The summed E-state index contributed by atoms with van der Waals surface area (Å²) < 4.78 is 5.39. The normalized spacial score (nSPS) is 27.6. The standard InChI is InChI=1S/C27H33N5O2/c1-31-10-12-32(13-11-31)18-20-4-8-22(9-5-20)21-6-2-19(3-7-21)14-23(17-28)30-26(33)27(29)15-24-25(16-27)34-24/h2-9,23-25H,10-16,18,29H2,1H3,(H,30,33)/t23-,24?,25?,27?/m0/s1. The molecule has 178 valence electrons. The van der Waals surface area contributed by atoms with Gasteiger partial charge in [-0.25, -0.2) is 0 Å². The number of rotatable bonds is 7. The molecule has 2 aromatic rings. The molecule has 2 heterocycles. The number of nitrogens with two attached hydrogens (primary N) is 1. The van der Waals surface area contributed by atoms with Crippen LogP contribution in [0.1, 0.15) is 24.0 Å². The molecule has 34 heavy (non-hydrogen) atoms. The summed E-state index contributed by atoms with van der Waals surface area (Å²) in [6.45, 7) is 5.48. The monoisotopic (exact) mass is 459 g/mol. The fraction of sp³-hybridized carbons (Fsp3) is 0.481. The van der Waals surface area contributed by atoms with Crippen LogP contribution in [0, 0.1) is 11.3 Å². The number of carbonyl (C=O) groups is 1. The molecular formula is C27H33N5O2. The smallest absolute Gasteiger partial charge is 0.241 e. The Kier molecular flexibility index (Phi) is 6.41. The average Bonchev–Trinajstić information content (AvgIpc) is 3.47. The molecule has 3 aliphatic rings. The van der Waals surface area contributed by atoms with Gasteiger partial charge in [-0.3, -0.25) is 9.69 Å². The Morgan fingerprint density at radius 1 is 1.06 bits per heavy atom. The van der Waals surface area contributed by atoms with Crippen LogP contribution in [0.3, 0.4) is 0 Å². The van der Waals surface area contributed by atoms with Crippen molar-refractivity contribution in [1.82, 2.24) is 15.1 Å². The van der Waals surface area contributed by atoms with Crippen LogP contribution in [0.25, 0.3) is 11.1 Å². The van der Waals surface area contributed by atoms with Crippen molar-refractivity contribution in [2.24, 2.45) is 5.73 Å². The first-order valence-electron chi connectivity index (χ1n) is 12.2. The molecular weight excluding hydrogens is 426 g/mol. The van der Waals surface area contributed by atoms with E-state index in [0.717, 1.165) is 43.9 Å². The summed E-state index contributed by atoms with van der Waals surface area (Å²) in [4.78, 5) is 17.5. The molecule has 5 rings (SSSR count). The number of nitrogens with zero attached hydrogens (tertiary/aromatic N) is 3. The topological polar surface area (TPSA) is 97.9 Å². The maximum atomic E-state index is 12.7. The number of benzene rings is 2. The molecule has 2 aliphatic heterocycles. The van der Waals surface area contributed by atoms with Gasteiger partial charge >= 0.3 is 0 Å². The predicted molar refractivity (Wildman–Crippen MR) is 131 cm³/mol. The first-order valence-corrected chi connectivity index (χ1v) is 12.2. The summed E-state index contributed by atoms with van der Waals surface area (Å²) in [6, 6.07) is 18.6. The van der Waals surface area contributed by atoms with Crippen LogP contribution in [-0.4, -0.2) is 72.7 Å². The largest absolute Gasteiger partial charge is 0.369 e. The zero-order valence-corrected chi connectivity index (χ0v) is 19.7. The molecule has 1 aliphatic carbocycles. The molecule has 1 saturated carbocycles. The highest BCUT2D eigenvalue weighted by molar-refractivity contribution is 5.87. The van der Waals surface area contributed by atoms with Gasteiger partial charge in [0.1, 0.15) is 11.6 Å². The molecule has 3 atom stereocenters. The molecule has 3 fully saturated rings. The number of hydrogen-bond acceptors (Lipinski definition) is 6. The van der Waals surface area contributed by atoms with E-state index in [0.29, 0.717) is 19.3 Å². The van der Waals surface area contributed by atoms with Crippen molar-refractivity contribution in [3.05, 3.63) is 59.7 Å². The summed E-state index contributed by atoms with van der Waals surface area (Å²) in [5, 5.41) is 12.4. The van der Waals surface area contributed by atoms with Crippen molar-refractivity contribution < 1.29 is 9.53 Å². The van der Waals surface area contributed by atoms with Gasteiger partial charge in [-0.1, -0.05) is 48.5 Å². The molecule has 3 N–H and O–H groups in total. The number of piperazine rings is 1. The first-order chi connectivity index (χ1) is 16.4. The minimum atomic E-state index is -0.914. The molecule has 1 amide bonds. The highest BCUT2D eigenvalue weighted by Crippen LogP contribution is 2.43. The number of fused-ring (bicyclic) bond motifs is 1. The fourth-order valence-electron chi connectivity index (χ4n) is 5.09. The fourth-order valence-corrected chi connectivity index (χ4v) is 5.09. The van der Waals surface area contributed by atoms with Gasteiger partial charge in [-0.2, -0.15) is 5.26 Å². The minimum Gasteiger partial charge on any atom is -0.369 e. The molecule has 2 aromatic carbocycles. The maximum Gasteiger partial charge on any atom is 0.241 e. The average molecular weight is 460 g/mol. The Balaban J connectivity index is 1.15. The second kappa shape index (κ2) is 9.47. The van der Waals surface area contributed by atoms with Gasteiger partial charge in [0.05, 0.1) is 18.3 Å². The van der Waals surface area contributed by atoms with Crippen molar-refractivity contribution in [3.8, 4) is 17.2 Å². The molecule has 2 saturated heterocycles. The van der Waals surface area contributed by atoms with Crippen molar-refractivity contribution in [1.29, 1.82) is 5.26 Å². The van der Waals surface area contributed by atoms with E-state index in [1.807, 2.05) is 12.1 Å². The van der Waals surface area contributed by atoms with Crippen molar-refractivity contribution in [2.75, 3.05) is 33.2 Å². The lowest BCUT2D eigenvalue weighted by Gasteiger charge is -2.32. The number of hydrogen-bond donors (Lipinski definition) is 2. The van der Waals surface area contributed by atoms with Crippen LogP contribution in [0.15, 0.2) is 48.5 Å². The molecule has 0 bridgehead atoms. The molecule has 0 radical (unpaired) electrons. The molecule has 2 unspecified atom stereocenters. The van der Waals surface area contributed by atoms with Crippen LogP contribution in [0.4, 0.5) is 0 Å². The molecule has 0 spiro atoms. The van der Waals surface area contributed by atoms with Crippen LogP contribution >= 0.6 is 0 Å². The van der Waals surface area contributed by atoms with Crippen LogP contribution in [0.2, 0.25) is 0 Å². The van der Waals surface area contributed by atoms with E-state index in [1.54, 1.807) is 0 Å². The number of nitrogens with one attached hydrogen (secondary N) is 1. The van der Waals surface area contributed by atoms with Crippen molar-refractivity contribution in [2.45, 2.75) is 49.6 Å². The Hall–Kier alpha value is -2.76. The summed E-state index contributed by atoms with van der Waals surface area (Å²) in [7, 11) is 2.18. The van der Waals surface area contributed by atoms with Crippen molar-refractivity contribution >= 4 is 5.91 Å². The number of epoxide rings is 1. The maximum absolute atomic E-state index is 12.7. The Morgan fingerprint density at radius 3 is 2.18 bits per heavy atom. The lowest BCUT2D eigenvalue weighted by molar-refractivity contribution is -0.127. The van der Waals surface area contributed by atoms with E-state index in [2.05, 4.69) is 64.6 Å². The third-order valence-corrected chi connectivity index (χ3v) is 7.41. The van der Waals surface area contributed by atoms with E-state index < -0.39 is 11.6 Å². The Morgan fingerprint density at radius 2 is 1.62 bits per heavy atom. The summed E-state index contributed by atoms with van der Waals surface area (Å²) in [5.74, 6) is -0.247. The summed E-state index contributed by atoms with van der Waals surface area (Å²) >= 11 is 0. The number of carbonyl (C=O) groups excluding carboxylic acids is 1. The zero-order valence-electron chi connectivity index (χ0n) is 19.7. The highest BCUT2D eigenvalue weighted by Gasteiger charge is 2.57. The Bertz CT molecular complexity index is 1040. The van der Waals surface area contributed by atoms with Gasteiger partial charge in [0.25, 0.3) is 0 Å². The highest BCUT2D eigenvalue weighted by atomic mass is 16.6. The van der Waals surface area contributed by atoms with Gasteiger partial charge in [0.15, 0.2) is 0 Å². The number of likely N-dealkylation sites (N-methyl/N-ethyl adjacent to an activating group) is 1. The second-order valence-corrected chi connectivity index (χ2v) is 10.1. The van der Waals surface area contributed by atoms with Crippen molar-refractivity contribution in [3.63, 3.8) is 0 Å². The molecule has 7 heteroatoms. The minimum absolute atomic E-state index is 0.115. The first kappa shape index (κ1) is 23.0. The van der Waals surface area contributed by atoms with E-state index in [4.69, 9.17) is 10.5 Å². The SMILES string of the molecule is CN1CCN(Cc2ccc(-c3ccc(C[C@@H](C#N)NC(=O)C4(N)CC5OC5C4)cc3)cc2)CC1. The predicted octanol–water partition coefficient (Wildman–Crippen LogP) is 1.91. The third kappa shape index (κ3) is 5.16. The number of amides is 1. The molecule has 0 aromatic heterocycles. The van der Waals surface area contributed by atoms with E-state index in [1.165, 1.54) is 11.1 Å². The van der Waals surface area contributed by atoms with Gasteiger partial charge < -0.3 is 20.7 Å². The Labute approximate surface area is 201 Å². The lowest BCUT2D eigenvalue weighted by atomic mass is 9.95. The summed E-state index contributed by atoms with van der Waals surface area (Å²) in [5.41, 5.74) is 10.0. The van der Waals surface area contributed by atoms with Crippen LogP contribution < -0.4 is 11.1 Å². The number of ether oxygens (including phenoxy) is 1. The van der Waals surface area contributed by atoms with Gasteiger partial charge in [0, 0.05) is 52.0 Å². The quantitative estimate of drug-likeness (QED) is 0.614. The van der Waals surface area contributed by atoms with Crippen LogP contribution in [-0.2, 0) is 22.5 Å². The van der Waals surface area contributed by atoms with E-state index in [-0.39, 0.29) is 18.1 Å². The third-order valence-electron chi connectivity index (χ3n) is 7.41. The number of nitriles is 1. The van der Waals surface area contributed by atoms with Gasteiger partial charge in [-0.05, 0) is 29.3 Å². The van der Waals surface area contributed by atoms with E-state index >= 15 is 0 Å². The lowest BCUT2D eigenvalue weighted by Crippen LogP contribution is -2.55. The van der Waals surface area contributed by atoms with Crippen LogP contribution in [0.5, 0.6) is 0 Å². The second-order valence-electron chi connectivity index (χ2n) is 10.1. The summed E-state index contributed by atoms with van der Waals surface area (Å²) in [6.07, 6.45) is 1.75.